The molecule has 0 fully saturated rings. The van der Waals surface area contributed by atoms with E-state index in [1.54, 1.807) is 0 Å². The molecule has 0 atom stereocenters. The molecule has 12 heavy (non-hydrogen) atoms. The van der Waals surface area contributed by atoms with Gasteiger partial charge in [-0.25, -0.2) is 0 Å². The van der Waals surface area contributed by atoms with Crippen molar-refractivity contribution in [1.82, 2.24) is 0 Å². The largest absolute Gasteiger partial charge is 0.123 e. The smallest absolute Gasteiger partial charge is 0.00774 e. The molecule has 0 spiro atoms. The summed E-state index contributed by atoms with van der Waals surface area (Å²) in [6.45, 7) is 8.76. The molecular formula is C11H16S. The van der Waals surface area contributed by atoms with Gasteiger partial charge in [0, 0.05) is 10.1 Å². The molecule has 0 nitrogen and oxygen atoms in total. The molecule has 0 unspecified atom stereocenters. The van der Waals surface area contributed by atoms with E-state index in [0.29, 0.717) is 5.25 Å². The number of benzene rings is 1. The van der Waals surface area contributed by atoms with E-state index in [1.165, 1.54) is 16.0 Å². The highest BCUT2D eigenvalue weighted by Gasteiger charge is 1.99. The van der Waals surface area contributed by atoms with Crippen LogP contribution in [0.4, 0.5) is 0 Å². The lowest BCUT2D eigenvalue weighted by molar-refractivity contribution is 1.11. The van der Waals surface area contributed by atoms with Crippen LogP contribution in [0.25, 0.3) is 0 Å². The summed E-state index contributed by atoms with van der Waals surface area (Å²) >= 11 is 1.92. The third-order valence-corrected chi connectivity index (χ3v) is 2.85. The predicted molar refractivity (Wildman–Crippen MR) is 56.9 cm³/mol. The van der Waals surface area contributed by atoms with Crippen LogP contribution in [-0.2, 0) is 0 Å². The van der Waals surface area contributed by atoms with Crippen LogP contribution < -0.4 is 0 Å². The number of rotatable bonds is 2. The molecule has 0 heterocycles. The zero-order valence-electron chi connectivity index (χ0n) is 8.22. The Balaban J connectivity index is 2.82. The molecular weight excluding hydrogens is 164 g/mol. The molecule has 1 aromatic carbocycles. The van der Waals surface area contributed by atoms with Crippen molar-refractivity contribution < 1.29 is 0 Å². The normalized spacial score (nSPS) is 10.8. The molecule has 0 aliphatic carbocycles. The summed E-state index contributed by atoms with van der Waals surface area (Å²) in [6.07, 6.45) is 0. The van der Waals surface area contributed by atoms with E-state index in [4.69, 9.17) is 0 Å². The van der Waals surface area contributed by atoms with Crippen LogP contribution in [0.5, 0.6) is 0 Å². The van der Waals surface area contributed by atoms with Gasteiger partial charge in [-0.2, -0.15) is 0 Å². The maximum absolute atomic E-state index is 2.26. The highest BCUT2D eigenvalue weighted by atomic mass is 32.2. The first-order chi connectivity index (χ1) is 5.59. The lowest BCUT2D eigenvalue weighted by Gasteiger charge is -2.06. The van der Waals surface area contributed by atoms with Gasteiger partial charge in [0.2, 0.25) is 0 Å². The Morgan fingerprint density at radius 3 is 2.25 bits per heavy atom. The fourth-order valence-corrected chi connectivity index (χ4v) is 2.00. The van der Waals surface area contributed by atoms with Crippen LogP contribution in [0.3, 0.4) is 0 Å². The highest BCUT2D eigenvalue weighted by Crippen LogP contribution is 2.24. The van der Waals surface area contributed by atoms with Gasteiger partial charge in [-0.1, -0.05) is 19.9 Å². The molecule has 1 rings (SSSR count). The van der Waals surface area contributed by atoms with Crippen molar-refractivity contribution in [2.24, 2.45) is 0 Å². The minimum Gasteiger partial charge on any atom is -0.123 e. The third-order valence-electron chi connectivity index (χ3n) is 1.85. The van der Waals surface area contributed by atoms with Crippen LogP contribution in [-0.4, -0.2) is 5.25 Å². The highest BCUT2D eigenvalue weighted by molar-refractivity contribution is 7.99. The zero-order chi connectivity index (χ0) is 9.14. The standard InChI is InChI=1S/C11H16S/c1-8(2)12-11-6-5-9(3)10(4)7-11/h5-8H,1-4H3. The van der Waals surface area contributed by atoms with Gasteiger partial charge < -0.3 is 0 Å². The lowest BCUT2D eigenvalue weighted by atomic mass is 10.1. The van der Waals surface area contributed by atoms with Gasteiger partial charge >= 0.3 is 0 Å². The summed E-state index contributed by atoms with van der Waals surface area (Å²) in [5.74, 6) is 0. The summed E-state index contributed by atoms with van der Waals surface area (Å²) in [5.41, 5.74) is 2.77. The van der Waals surface area contributed by atoms with Gasteiger partial charge in [0.15, 0.2) is 0 Å². The monoisotopic (exact) mass is 180 g/mol. The second-order valence-corrected chi connectivity index (χ2v) is 5.06. The van der Waals surface area contributed by atoms with E-state index in [-0.39, 0.29) is 0 Å². The Bertz CT molecular complexity index is 264. The van der Waals surface area contributed by atoms with Crippen molar-refractivity contribution >= 4 is 11.8 Å². The summed E-state index contributed by atoms with van der Waals surface area (Å²) in [6, 6.07) is 6.66. The van der Waals surface area contributed by atoms with Crippen molar-refractivity contribution in [1.29, 1.82) is 0 Å². The zero-order valence-corrected chi connectivity index (χ0v) is 9.03. The summed E-state index contributed by atoms with van der Waals surface area (Å²) in [4.78, 5) is 1.38. The van der Waals surface area contributed by atoms with Gasteiger partial charge in [-0.05, 0) is 37.1 Å². The molecule has 0 N–H and O–H groups in total. The van der Waals surface area contributed by atoms with Gasteiger partial charge in [-0.15, -0.1) is 11.8 Å². The first-order valence-corrected chi connectivity index (χ1v) is 5.21. The molecule has 0 bridgehead atoms. The summed E-state index contributed by atoms with van der Waals surface area (Å²) in [5, 5.41) is 0.673. The Kier molecular flexibility index (Phi) is 3.21. The Hall–Kier alpha value is -0.430. The van der Waals surface area contributed by atoms with Gasteiger partial charge in [0.05, 0.1) is 0 Å². The lowest BCUT2D eigenvalue weighted by Crippen LogP contribution is -1.87. The van der Waals surface area contributed by atoms with Crippen molar-refractivity contribution in [3.63, 3.8) is 0 Å². The second-order valence-electron chi connectivity index (χ2n) is 3.41. The summed E-state index contributed by atoms with van der Waals surface area (Å²) < 4.78 is 0. The molecule has 1 heteroatoms. The van der Waals surface area contributed by atoms with Crippen molar-refractivity contribution in [2.75, 3.05) is 0 Å². The van der Waals surface area contributed by atoms with Gasteiger partial charge in [0.25, 0.3) is 0 Å². The molecule has 0 aliphatic heterocycles. The van der Waals surface area contributed by atoms with Gasteiger partial charge in [-0.3, -0.25) is 0 Å². The number of hydrogen-bond donors (Lipinski definition) is 0. The Morgan fingerprint density at radius 1 is 1.08 bits per heavy atom. The minimum atomic E-state index is 0.673. The van der Waals surface area contributed by atoms with Crippen molar-refractivity contribution in [3.05, 3.63) is 29.3 Å². The Labute approximate surface area is 79.4 Å². The SMILES string of the molecule is Cc1ccc(SC(C)C)cc1C. The molecule has 1 aromatic rings. The average molecular weight is 180 g/mol. The third kappa shape index (κ3) is 2.56. The van der Waals surface area contributed by atoms with E-state index >= 15 is 0 Å². The molecule has 0 radical (unpaired) electrons. The average Bonchev–Trinajstić information content (AvgIpc) is 1.96. The quantitative estimate of drug-likeness (QED) is 0.624. The number of hydrogen-bond acceptors (Lipinski definition) is 1. The molecule has 0 aromatic heterocycles. The second kappa shape index (κ2) is 3.99. The van der Waals surface area contributed by atoms with Crippen molar-refractivity contribution in [2.45, 2.75) is 37.8 Å². The fraction of sp³-hybridized carbons (Fsp3) is 0.455. The van der Waals surface area contributed by atoms with E-state index in [0.717, 1.165) is 0 Å². The molecule has 0 amide bonds. The van der Waals surface area contributed by atoms with Crippen molar-refractivity contribution in [3.8, 4) is 0 Å². The summed E-state index contributed by atoms with van der Waals surface area (Å²) in [7, 11) is 0. The number of thioether (sulfide) groups is 1. The molecule has 0 saturated heterocycles. The Morgan fingerprint density at radius 2 is 1.75 bits per heavy atom. The first-order valence-electron chi connectivity index (χ1n) is 4.33. The van der Waals surface area contributed by atoms with Crippen LogP contribution >= 0.6 is 11.8 Å². The topological polar surface area (TPSA) is 0 Å². The van der Waals surface area contributed by atoms with Crippen LogP contribution in [0.1, 0.15) is 25.0 Å². The first kappa shape index (κ1) is 9.66. The van der Waals surface area contributed by atoms with Crippen LogP contribution in [0, 0.1) is 13.8 Å². The van der Waals surface area contributed by atoms with Crippen LogP contribution in [0.15, 0.2) is 23.1 Å². The fourth-order valence-electron chi connectivity index (χ4n) is 1.06. The van der Waals surface area contributed by atoms with E-state index < -0.39 is 0 Å². The molecule has 66 valence electrons. The molecule has 0 saturated carbocycles. The molecule has 0 aliphatic rings. The van der Waals surface area contributed by atoms with Gasteiger partial charge in [0.1, 0.15) is 0 Å². The van der Waals surface area contributed by atoms with E-state index in [1.807, 2.05) is 11.8 Å². The van der Waals surface area contributed by atoms with Crippen LogP contribution in [0.2, 0.25) is 0 Å². The van der Waals surface area contributed by atoms with E-state index in [9.17, 15) is 0 Å². The maximum Gasteiger partial charge on any atom is 0.00774 e. The number of aryl methyl sites for hydroxylation is 2. The minimum absolute atomic E-state index is 0.673. The maximum atomic E-state index is 2.26. The van der Waals surface area contributed by atoms with E-state index in [2.05, 4.69) is 45.9 Å². The predicted octanol–water partition coefficient (Wildman–Crippen LogP) is 3.80.